The summed E-state index contributed by atoms with van der Waals surface area (Å²) in [5, 5.41) is 3.87. The van der Waals surface area contributed by atoms with Crippen LogP contribution in [0.5, 0.6) is 0 Å². The number of aromatic nitrogens is 2. The largest absolute Gasteiger partial charge is 0.391 e. The Bertz CT molecular complexity index is 580. The van der Waals surface area contributed by atoms with E-state index >= 15 is 0 Å². The van der Waals surface area contributed by atoms with Gasteiger partial charge in [-0.1, -0.05) is 0 Å². The fourth-order valence-electron chi connectivity index (χ4n) is 2.26. The first-order valence-electron chi connectivity index (χ1n) is 6.40. The van der Waals surface area contributed by atoms with Crippen molar-refractivity contribution >= 4 is 21.6 Å². The number of hydrogen-bond donors (Lipinski definition) is 0. The van der Waals surface area contributed by atoms with Gasteiger partial charge >= 0.3 is 6.18 Å². The van der Waals surface area contributed by atoms with Crippen molar-refractivity contribution in [3.05, 3.63) is 12.4 Å². The van der Waals surface area contributed by atoms with E-state index in [1.807, 2.05) is 0 Å². The van der Waals surface area contributed by atoms with Crippen molar-refractivity contribution < 1.29 is 21.6 Å². The Morgan fingerprint density at radius 2 is 1.95 bits per heavy atom. The molecule has 0 amide bonds. The lowest BCUT2D eigenvalue weighted by molar-refractivity contribution is -0.182. The maximum atomic E-state index is 12.6. The lowest BCUT2D eigenvalue weighted by atomic mass is 9.98. The van der Waals surface area contributed by atoms with Crippen molar-refractivity contribution in [2.45, 2.75) is 30.5 Å². The molecule has 0 radical (unpaired) electrons. The molecule has 1 aliphatic heterocycles. The van der Waals surface area contributed by atoms with Crippen molar-refractivity contribution in [2.24, 2.45) is 5.92 Å². The molecule has 0 N–H and O–H groups in total. The molecule has 0 unspecified atom stereocenters. The van der Waals surface area contributed by atoms with E-state index < -0.39 is 22.1 Å². The third-order valence-electron chi connectivity index (χ3n) is 3.48. The summed E-state index contributed by atoms with van der Waals surface area (Å²) in [6.45, 7) is 0.105. The van der Waals surface area contributed by atoms with Crippen LogP contribution in [0.1, 0.15) is 12.8 Å². The van der Waals surface area contributed by atoms with E-state index in [0.717, 1.165) is 4.31 Å². The second-order valence-electron chi connectivity index (χ2n) is 4.85. The van der Waals surface area contributed by atoms with Gasteiger partial charge in [-0.3, -0.25) is 4.68 Å². The SMILES string of the molecule is O=S(=O)(c1cnn(CCCl)c1)N1CCC(C(F)(F)F)CC1. The van der Waals surface area contributed by atoms with Crippen molar-refractivity contribution in [3.8, 4) is 0 Å². The second-order valence-corrected chi connectivity index (χ2v) is 7.16. The van der Waals surface area contributed by atoms with Gasteiger partial charge in [0.1, 0.15) is 4.90 Å². The van der Waals surface area contributed by atoms with Crippen molar-refractivity contribution in [3.63, 3.8) is 0 Å². The second kappa shape index (κ2) is 6.13. The van der Waals surface area contributed by atoms with Crippen LogP contribution in [-0.2, 0) is 16.6 Å². The van der Waals surface area contributed by atoms with Gasteiger partial charge in [0.15, 0.2) is 0 Å². The molecule has 0 aromatic carbocycles. The summed E-state index contributed by atoms with van der Waals surface area (Å²) >= 11 is 5.54. The summed E-state index contributed by atoms with van der Waals surface area (Å²) in [6.07, 6.45) is -2.15. The molecule has 0 spiro atoms. The van der Waals surface area contributed by atoms with Crippen LogP contribution < -0.4 is 0 Å². The smallest absolute Gasteiger partial charge is 0.270 e. The van der Waals surface area contributed by atoms with Crippen LogP contribution in [-0.4, -0.2) is 47.6 Å². The van der Waals surface area contributed by atoms with Gasteiger partial charge in [0, 0.05) is 25.2 Å². The zero-order valence-corrected chi connectivity index (χ0v) is 12.6. The molecular weight excluding hydrogens is 331 g/mol. The van der Waals surface area contributed by atoms with E-state index in [0.29, 0.717) is 6.54 Å². The minimum absolute atomic E-state index is 0.0157. The molecular formula is C11H15ClF3N3O2S. The Labute approximate surface area is 125 Å². The molecule has 0 bridgehead atoms. The van der Waals surface area contributed by atoms with Gasteiger partial charge in [0.05, 0.1) is 18.7 Å². The van der Waals surface area contributed by atoms with Crippen LogP contribution >= 0.6 is 11.6 Å². The average Bonchev–Trinajstić information content (AvgIpc) is 2.88. The monoisotopic (exact) mass is 345 g/mol. The molecule has 1 aromatic heterocycles. The highest BCUT2D eigenvalue weighted by atomic mass is 35.5. The number of piperidine rings is 1. The van der Waals surface area contributed by atoms with E-state index in [-0.39, 0.29) is 36.7 Å². The molecule has 1 saturated heterocycles. The minimum Gasteiger partial charge on any atom is -0.270 e. The number of sulfonamides is 1. The Hall–Kier alpha value is -0.800. The van der Waals surface area contributed by atoms with Crippen LogP contribution in [0.15, 0.2) is 17.3 Å². The predicted molar refractivity (Wildman–Crippen MR) is 70.5 cm³/mol. The van der Waals surface area contributed by atoms with Crippen LogP contribution in [0.2, 0.25) is 0 Å². The number of rotatable bonds is 4. The van der Waals surface area contributed by atoms with Crippen LogP contribution in [0.25, 0.3) is 0 Å². The standard InChI is InChI=1S/C11H15ClF3N3O2S/c12-3-6-17-8-10(7-16-17)21(19,20)18-4-1-9(2-5-18)11(13,14)15/h7-9H,1-6H2. The highest BCUT2D eigenvalue weighted by molar-refractivity contribution is 7.89. The number of alkyl halides is 4. The van der Waals surface area contributed by atoms with Crippen molar-refractivity contribution in [1.82, 2.24) is 14.1 Å². The predicted octanol–water partition coefficient (Wildman–Crippen LogP) is 2.08. The lowest BCUT2D eigenvalue weighted by Gasteiger charge is -2.31. The molecule has 120 valence electrons. The summed E-state index contributed by atoms with van der Waals surface area (Å²) in [7, 11) is -3.79. The van der Waals surface area contributed by atoms with E-state index in [9.17, 15) is 21.6 Å². The lowest BCUT2D eigenvalue weighted by Crippen LogP contribution is -2.41. The number of aryl methyl sites for hydroxylation is 1. The summed E-state index contributed by atoms with van der Waals surface area (Å²) in [4.78, 5) is -0.0157. The van der Waals surface area contributed by atoms with Crippen LogP contribution in [0.4, 0.5) is 13.2 Å². The van der Waals surface area contributed by atoms with Gasteiger partial charge in [0.2, 0.25) is 10.0 Å². The van der Waals surface area contributed by atoms with E-state index in [2.05, 4.69) is 5.10 Å². The Morgan fingerprint density at radius 3 is 2.48 bits per heavy atom. The van der Waals surface area contributed by atoms with Crippen molar-refractivity contribution in [2.75, 3.05) is 19.0 Å². The van der Waals surface area contributed by atoms with Gasteiger partial charge in [0.25, 0.3) is 0 Å². The molecule has 0 saturated carbocycles. The van der Waals surface area contributed by atoms with Crippen LogP contribution in [0, 0.1) is 5.92 Å². The first-order valence-corrected chi connectivity index (χ1v) is 8.38. The fraction of sp³-hybridized carbons (Fsp3) is 0.727. The Balaban J connectivity index is 2.07. The molecule has 0 aliphatic carbocycles. The van der Waals surface area contributed by atoms with E-state index in [1.54, 1.807) is 0 Å². The maximum absolute atomic E-state index is 12.6. The minimum atomic E-state index is -4.26. The Morgan fingerprint density at radius 1 is 1.33 bits per heavy atom. The quantitative estimate of drug-likeness (QED) is 0.785. The number of hydrogen-bond acceptors (Lipinski definition) is 3. The molecule has 1 aliphatic rings. The highest BCUT2D eigenvalue weighted by Gasteiger charge is 2.43. The van der Waals surface area contributed by atoms with E-state index in [1.165, 1.54) is 17.1 Å². The molecule has 1 fully saturated rings. The third kappa shape index (κ3) is 3.70. The third-order valence-corrected chi connectivity index (χ3v) is 5.50. The van der Waals surface area contributed by atoms with Crippen molar-refractivity contribution in [1.29, 1.82) is 0 Å². The average molecular weight is 346 g/mol. The topological polar surface area (TPSA) is 55.2 Å². The molecule has 10 heteroatoms. The maximum Gasteiger partial charge on any atom is 0.391 e. The molecule has 21 heavy (non-hydrogen) atoms. The Kier molecular flexibility index (Phi) is 4.84. The summed E-state index contributed by atoms with van der Waals surface area (Å²) in [5.74, 6) is -1.14. The number of halogens is 4. The first kappa shape index (κ1) is 16.6. The molecule has 0 atom stereocenters. The van der Waals surface area contributed by atoms with Gasteiger partial charge in [-0.25, -0.2) is 8.42 Å². The molecule has 2 rings (SSSR count). The van der Waals surface area contributed by atoms with Gasteiger partial charge < -0.3 is 0 Å². The van der Waals surface area contributed by atoms with Gasteiger partial charge in [-0.05, 0) is 12.8 Å². The molecule has 2 heterocycles. The summed E-state index contributed by atoms with van der Waals surface area (Å²) < 4.78 is 64.9. The molecule has 1 aromatic rings. The molecule has 5 nitrogen and oxygen atoms in total. The zero-order valence-electron chi connectivity index (χ0n) is 11.1. The highest BCUT2D eigenvalue weighted by Crippen LogP contribution is 2.35. The number of nitrogens with zero attached hydrogens (tertiary/aromatic N) is 3. The van der Waals surface area contributed by atoms with Gasteiger partial charge in [-0.15, -0.1) is 11.6 Å². The first-order chi connectivity index (χ1) is 9.75. The van der Waals surface area contributed by atoms with Crippen LogP contribution in [0.3, 0.4) is 0 Å². The zero-order chi connectivity index (χ0) is 15.7. The normalized spacial score (nSPS) is 19.0. The van der Waals surface area contributed by atoms with E-state index in [4.69, 9.17) is 11.6 Å². The summed E-state index contributed by atoms with van der Waals surface area (Å²) in [6, 6.07) is 0. The van der Waals surface area contributed by atoms with Gasteiger partial charge in [-0.2, -0.15) is 22.6 Å². The summed E-state index contributed by atoms with van der Waals surface area (Å²) in [5.41, 5.74) is 0. The fourth-order valence-corrected chi connectivity index (χ4v) is 3.86.